The number of carbonyl (C=O) groups excluding carboxylic acids is 1. The first-order valence-electron chi connectivity index (χ1n) is 6.89. The van der Waals surface area contributed by atoms with Gasteiger partial charge in [-0.2, -0.15) is 26.3 Å². The van der Waals surface area contributed by atoms with Gasteiger partial charge in [0.2, 0.25) is 0 Å². The van der Waals surface area contributed by atoms with Crippen molar-refractivity contribution >= 4 is 5.78 Å². The van der Waals surface area contributed by atoms with E-state index in [4.69, 9.17) is 0 Å². The van der Waals surface area contributed by atoms with E-state index in [1.807, 2.05) is 0 Å². The van der Waals surface area contributed by atoms with E-state index in [0.29, 0.717) is 11.1 Å². The molecule has 0 saturated heterocycles. The largest absolute Gasteiger partial charge is 0.416 e. The number of hydrogen-bond acceptors (Lipinski definition) is 1. The summed E-state index contributed by atoms with van der Waals surface area (Å²) < 4.78 is 74.6. The van der Waals surface area contributed by atoms with Gasteiger partial charge >= 0.3 is 12.4 Å². The third-order valence-electron chi connectivity index (χ3n) is 3.37. The third kappa shape index (κ3) is 4.84. The van der Waals surface area contributed by atoms with Gasteiger partial charge in [0.05, 0.1) is 11.1 Å². The maximum Gasteiger partial charge on any atom is 0.416 e. The molecule has 0 radical (unpaired) electrons. The van der Waals surface area contributed by atoms with Gasteiger partial charge in [0.15, 0.2) is 0 Å². The molecule has 0 N–H and O–H groups in total. The second-order valence-corrected chi connectivity index (χ2v) is 5.28. The van der Waals surface area contributed by atoms with Crippen molar-refractivity contribution in [2.75, 3.05) is 0 Å². The second-order valence-electron chi connectivity index (χ2n) is 5.28. The molecule has 0 unspecified atom stereocenters. The Balaban J connectivity index is 1.98. The van der Waals surface area contributed by atoms with Gasteiger partial charge in [0, 0.05) is 12.8 Å². The molecule has 0 amide bonds. The number of carbonyl (C=O) groups is 1. The summed E-state index contributed by atoms with van der Waals surface area (Å²) in [4.78, 5) is 11.9. The van der Waals surface area contributed by atoms with Gasteiger partial charge in [0.1, 0.15) is 5.78 Å². The highest BCUT2D eigenvalue weighted by molar-refractivity contribution is 5.83. The van der Waals surface area contributed by atoms with Crippen LogP contribution in [-0.4, -0.2) is 5.78 Å². The number of Topliss-reactive ketones (excluding diaryl/α,β-unsaturated/α-hetero) is 1. The van der Waals surface area contributed by atoms with Gasteiger partial charge in [-0.25, -0.2) is 0 Å². The molecule has 0 aliphatic heterocycles. The number of ketones is 1. The van der Waals surface area contributed by atoms with E-state index >= 15 is 0 Å². The van der Waals surface area contributed by atoms with E-state index in [9.17, 15) is 31.1 Å². The lowest BCUT2D eigenvalue weighted by atomic mass is 10.0. The fraction of sp³-hybridized carbons (Fsp3) is 0.235. The number of benzene rings is 2. The molecule has 0 spiro atoms. The second kappa shape index (κ2) is 6.67. The van der Waals surface area contributed by atoms with Crippen LogP contribution in [0.3, 0.4) is 0 Å². The summed E-state index contributed by atoms with van der Waals surface area (Å²) in [5.74, 6) is -0.297. The van der Waals surface area contributed by atoms with Crippen molar-refractivity contribution in [3.63, 3.8) is 0 Å². The summed E-state index contributed by atoms with van der Waals surface area (Å²) in [5.41, 5.74) is -0.775. The van der Waals surface area contributed by atoms with Gasteiger partial charge in [-0.1, -0.05) is 24.3 Å². The molecule has 0 aliphatic rings. The molecule has 0 atom stereocenters. The van der Waals surface area contributed by atoms with Crippen LogP contribution in [0.1, 0.15) is 22.3 Å². The Morgan fingerprint density at radius 3 is 1.17 bits per heavy atom. The maximum absolute atomic E-state index is 12.4. The van der Waals surface area contributed by atoms with Crippen molar-refractivity contribution in [2.24, 2.45) is 0 Å². The zero-order chi connectivity index (χ0) is 18.0. The molecular weight excluding hydrogens is 334 g/mol. The monoisotopic (exact) mass is 346 g/mol. The van der Waals surface area contributed by atoms with Gasteiger partial charge in [-0.15, -0.1) is 0 Å². The lowest BCUT2D eigenvalue weighted by molar-refractivity contribution is -0.138. The summed E-state index contributed by atoms with van der Waals surface area (Å²) in [6.07, 6.45) is -9.05. The molecule has 0 fully saturated rings. The molecule has 24 heavy (non-hydrogen) atoms. The van der Waals surface area contributed by atoms with E-state index in [1.165, 1.54) is 24.3 Å². The molecule has 0 heterocycles. The van der Waals surface area contributed by atoms with Crippen LogP contribution in [0.25, 0.3) is 0 Å². The summed E-state index contributed by atoms with van der Waals surface area (Å²) >= 11 is 0. The van der Waals surface area contributed by atoms with Crippen molar-refractivity contribution in [3.8, 4) is 0 Å². The van der Waals surface area contributed by atoms with Crippen LogP contribution < -0.4 is 0 Å². The average Bonchev–Trinajstić information content (AvgIpc) is 2.46. The van der Waals surface area contributed by atoms with Crippen LogP contribution in [0.4, 0.5) is 26.3 Å². The molecule has 128 valence electrons. The third-order valence-corrected chi connectivity index (χ3v) is 3.37. The van der Waals surface area contributed by atoms with E-state index < -0.39 is 23.5 Å². The first-order valence-corrected chi connectivity index (χ1v) is 6.89. The Labute approximate surface area is 133 Å². The standard InChI is InChI=1S/C17H12F6O/c18-16(19,20)13-5-1-11(2-6-13)9-15(24)10-12-3-7-14(8-4-12)17(21,22)23/h1-8H,9-10H2. The van der Waals surface area contributed by atoms with Crippen molar-refractivity contribution in [1.82, 2.24) is 0 Å². The lowest BCUT2D eigenvalue weighted by Gasteiger charge is -2.08. The Morgan fingerprint density at radius 1 is 0.625 bits per heavy atom. The van der Waals surface area contributed by atoms with E-state index in [-0.39, 0.29) is 18.6 Å². The van der Waals surface area contributed by atoms with Gasteiger partial charge < -0.3 is 0 Å². The molecule has 2 aromatic carbocycles. The van der Waals surface area contributed by atoms with Gasteiger partial charge in [-0.3, -0.25) is 4.79 Å². The molecule has 0 saturated carbocycles. The Kier molecular flexibility index (Phi) is 5.01. The molecular formula is C17H12F6O. The Hall–Kier alpha value is -2.31. The summed E-state index contributed by atoms with van der Waals surface area (Å²) in [6.45, 7) is 0. The number of alkyl halides is 6. The fourth-order valence-electron chi connectivity index (χ4n) is 2.14. The van der Waals surface area contributed by atoms with Crippen molar-refractivity contribution in [3.05, 3.63) is 70.8 Å². The minimum atomic E-state index is -4.44. The predicted molar refractivity (Wildman–Crippen MR) is 75.3 cm³/mol. The van der Waals surface area contributed by atoms with Crippen LogP contribution in [0, 0.1) is 0 Å². The van der Waals surface area contributed by atoms with Gasteiger partial charge in [-0.05, 0) is 35.4 Å². The highest BCUT2D eigenvalue weighted by Crippen LogP contribution is 2.30. The fourth-order valence-corrected chi connectivity index (χ4v) is 2.14. The van der Waals surface area contributed by atoms with Crippen LogP contribution in [0.15, 0.2) is 48.5 Å². The average molecular weight is 346 g/mol. The first kappa shape index (κ1) is 18.0. The topological polar surface area (TPSA) is 17.1 Å². The van der Waals surface area contributed by atoms with Crippen molar-refractivity contribution in [1.29, 1.82) is 0 Å². The van der Waals surface area contributed by atoms with E-state index in [1.54, 1.807) is 0 Å². The highest BCUT2D eigenvalue weighted by Gasteiger charge is 2.30. The molecule has 0 bridgehead atoms. The molecule has 2 rings (SSSR count). The Morgan fingerprint density at radius 2 is 0.917 bits per heavy atom. The summed E-state index contributed by atoms with van der Waals surface area (Å²) in [5, 5.41) is 0. The molecule has 2 aromatic rings. The molecule has 1 nitrogen and oxygen atoms in total. The van der Waals surface area contributed by atoms with Crippen molar-refractivity contribution in [2.45, 2.75) is 25.2 Å². The predicted octanol–water partition coefficient (Wildman–Crippen LogP) is 5.08. The van der Waals surface area contributed by atoms with Crippen molar-refractivity contribution < 1.29 is 31.1 Å². The van der Waals surface area contributed by atoms with Crippen LogP contribution in [0.2, 0.25) is 0 Å². The molecule has 0 aromatic heterocycles. The van der Waals surface area contributed by atoms with E-state index in [2.05, 4.69) is 0 Å². The molecule has 0 aliphatic carbocycles. The number of rotatable bonds is 4. The maximum atomic E-state index is 12.4. The first-order chi connectivity index (χ1) is 11.1. The number of hydrogen-bond donors (Lipinski definition) is 0. The smallest absolute Gasteiger partial charge is 0.299 e. The minimum absolute atomic E-state index is 0.0842. The van der Waals surface area contributed by atoms with Crippen LogP contribution in [0.5, 0.6) is 0 Å². The number of halogens is 6. The minimum Gasteiger partial charge on any atom is -0.299 e. The summed E-state index contributed by atoms with van der Waals surface area (Å²) in [7, 11) is 0. The van der Waals surface area contributed by atoms with Crippen LogP contribution in [-0.2, 0) is 30.0 Å². The normalized spacial score (nSPS) is 12.2. The lowest BCUT2D eigenvalue weighted by Crippen LogP contribution is -2.09. The zero-order valence-electron chi connectivity index (χ0n) is 12.2. The SMILES string of the molecule is O=C(Cc1ccc(C(F)(F)F)cc1)Cc1ccc(C(F)(F)F)cc1. The molecule has 7 heteroatoms. The quantitative estimate of drug-likeness (QED) is 0.706. The summed E-state index contributed by atoms with van der Waals surface area (Å²) in [6, 6.07) is 8.42. The van der Waals surface area contributed by atoms with Gasteiger partial charge in [0.25, 0.3) is 0 Å². The van der Waals surface area contributed by atoms with E-state index in [0.717, 1.165) is 24.3 Å². The van der Waals surface area contributed by atoms with Crippen LogP contribution >= 0.6 is 0 Å². The highest BCUT2D eigenvalue weighted by atomic mass is 19.4. The zero-order valence-corrected chi connectivity index (χ0v) is 12.2. The Bertz CT molecular complexity index is 634.